The van der Waals surface area contributed by atoms with E-state index in [1.165, 1.54) is 12.0 Å². The Hall–Kier alpha value is -0.900. The molecule has 2 rings (SSSR count). The number of hydrogen-bond acceptors (Lipinski definition) is 3. The molecule has 0 aromatic heterocycles. The Labute approximate surface area is 130 Å². The molecule has 1 fully saturated rings. The van der Waals surface area contributed by atoms with E-state index in [4.69, 9.17) is 5.73 Å². The number of nitrogens with two attached hydrogens (primary N) is 1. The highest BCUT2D eigenvalue weighted by atomic mass is 15.3. The van der Waals surface area contributed by atoms with Gasteiger partial charge in [0.05, 0.1) is 0 Å². The van der Waals surface area contributed by atoms with Gasteiger partial charge in [-0.05, 0) is 31.4 Å². The molecule has 2 N–H and O–H groups in total. The van der Waals surface area contributed by atoms with Gasteiger partial charge in [0.25, 0.3) is 0 Å². The van der Waals surface area contributed by atoms with Crippen molar-refractivity contribution in [3.63, 3.8) is 0 Å². The van der Waals surface area contributed by atoms with Gasteiger partial charge in [-0.2, -0.15) is 0 Å². The molecular formula is C18H31N3. The molecule has 1 aromatic rings. The summed E-state index contributed by atoms with van der Waals surface area (Å²) in [7, 11) is 2.25. The number of piperazine rings is 1. The van der Waals surface area contributed by atoms with Crippen molar-refractivity contribution in [2.45, 2.75) is 44.7 Å². The van der Waals surface area contributed by atoms with Crippen LogP contribution in [0.15, 0.2) is 30.3 Å². The van der Waals surface area contributed by atoms with Crippen LogP contribution in [0.2, 0.25) is 0 Å². The van der Waals surface area contributed by atoms with Gasteiger partial charge in [0.2, 0.25) is 0 Å². The first-order chi connectivity index (χ1) is 10.2. The van der Waals surface area contributed by atoms with Gasteiger partial charge < -0.3 is 10.6 Å². The molecule has 118 valence electrons. The number of rotatable bonds is 6. The average Bonchev–Trinajstić information content (AvgIpc) is 2.54. The van der Waals surface area contributed by atoms with Gasteiger partial charge in [-0.1, -0.05) is 44.2 Å². The van der Waals surface area contributed by atoms with Gasteiger partial charge in [0.15, 0.2) is 0 Å². The lowest BCUT2D eigenvalue weighted by molar-refractivity contribution is 0.0600. The third-order valence-corrected chi connectivity index (χ3v) is 5.06. The molecule has 1 aromatic carbocycles. The third-order valence-electron chi connectivity index (χ3n) is 5.06. The van der Waals surface area contributed by atoms with Crippen LogP contribution in [-0.4, -0.2) is 55.1 Å². The number of nitrogens with zero attached hydrogens (tertiary/aromatic N) is 2. The fraction of sp³-hybridized carbons (Fsp3) is 0.667. The van der Waals surface area contributed by atoms with Crippen LogP contribution in [0, 0.1) is 0 Å². The first-order valence-electron chi connectivity index (χ1n) is 8.35. The molecule has 0 bridgehead atoms. The second kappa shape index (κ2) is 7.92. The van der Waals surface area contributed by atoms with Gasteiger partial charge in [-0.15, -0.1) is 0 Å². The van der Waals surface area contributed by atoms with E-state index in [0.29, 0.717) is 18.0 Å². The van der Waals surface area contributed by atoms with Crippen molar-refractivity contribution in [3.05, 3.63) is 35.9 Å². The second-order valence-electron chi connectivity index (χ2n) is 6.47. The first kappa shape index (κ1) is 16.5. The largest absolute Gasteiger partial charge is 0.329 e. The van der Waals surface area contributed by atoms with Gasteiger partial charge in [0.1, 0.15) is 0 Å². The van der Waals surface area contributed by atoms with Gasteiger partial charge in [-0.3, -0.25) is 4.90 Å². The predicted molar refractivity (Wildman–Crippen MR) is 90.6 cm³/mol. The van der Waals surface area contributed by atoms with Crippen LogP contribution >= 0.6 is 0 Å². The summed E-state index contributed by atoms with van der Waals surface area (Å²) in [4.78, 5) is 5.11. The highest BCUT2D eigenvalue weighted by Crippen LogP contribution is 2.24. The molecule has 0 amide bonds. The maximum absolute atomic E-state index is 6.10. The van der Waals surface area contributed by atoms with E-state index in [9.17, 15) is 0 Å². The summed E-state index contributed by atoms with van der Waals surface area (Å²) in [5.41, 5.74) is 7.52. The lowest BCUT2D eigenvalue weighted by Crippen LogP contribution is -2.56. The molecule has 3 unspecified atom stereocenters. The molecule has 0 aliphatic carbocycles. The Morgan fingerprint density at radius 2 is 1.95 bits per heavy atom. The van der Waals surface area contributed by atoms with Crippen LogP contribution in [0.4, 0.5) is 0 Å². The number of benzene rings is 1. The third kappa shape index (κ3) is 4.29. The molecule has 0 spiro atoms. The molecule has 0 radical (unpaired) electrons. The molecule has 1 aliphatic rings. The predicted octanol–water partition coefficient (Wildman–Crippen LogP) is 2.53. The first-order valence-corrected chi connectivity index (χ1v) is 8.35. The molecular weight excluding hydrogens is 258 g/mol. The molecule has 21 heavy (non-hydrogen) atoms. The topological polar surface area (TPSA) is 32.5 Å². The monoisotopic (exact) mass is 289 g/mol. The molecule has 3 heteroatoms. The standard InChI is InChI=1S/C18H31N3/c1-4-17-14-21(11-10-20(17)3)18(13-19)12-15(2)16-8-6-5-7-9-16/h5-9,15,17-18H,4,10-14,19H2,1-3H3. The number of likely N-dealkylation sites (N-methyl/N-ethyl adjacent to an activating group) is 1. The maximum Gasteiger partial charge on any atom is 0.0225 e. The van der Waals surface area contributed by atoms with Crippen molar-refractivity contribution in [3.8, 4) is 0 Å². The molecule has 3 nitrogen and oxygen atoms in total. The number of hydrogen-bond donors (Lipinski definition) is 1. The zero-order chi connectivity index (χ0) is 15.2. The Bertz CT molecular complexity index is 406. The van der Waals surface area contributed by atoms with E-state index in [1.54, 1.807) is 0 Å². The molecule has 3 atom stereocenters. The van der Waals surface area contributed by atoms with E-state index < -0.39 is 0 Å². The van der Waals surface area contributed by atoms with Crippen molar-refractivity contribution in [2.24, 2.45) is 5.73 Å². The van der Waals surface area contributed by atoms with Gasteiger partial charge in [0, 0.05) is 38.3 Å². The average molecular weight is 289 g/mol. The summed E-state index contributed by atoms with van der Waals surface area (Å²) >= 11 is 0. The molecule has 1 aliphatic heterocycles. The minimum atomic E-state index is 0.503. The normalized spacial score (nSPS) is 23.9. The maximum atomic E-state index is 6.10. The summed E-state index contributed by atoms with van der Waals surface area (Å²) < 4.78 is 0. The summed E-state index contributed by atoms with van der Waals surface area (Å²) in [6.45, 7) is 8.85. The SMILES string of the molecule is CCC1CN(C(CN)CC(C)c2ccccc2)CCN1C. The van der Waals surface area contributed by atoms with Gasteiger partial charge >= 0.3 is 0 Å². The molecule has 1 saturated heterocycles. The van der Waals surface area contributed by atoms with E-state index in [1.807, 2.05) is 0 Å². The van der Waals surface area contributed by atoms with Crippen LogP contribution in [0.3, 0.4) is 0 Å². The van der Waals surface area contributed by atoms with Crippen LogP contribution in [-0.2, 0) is 0 Å². The van der Waals surface area contributed by atoms with Crippen LogP contribution in [0.5, 0.6) is 0 Å². The summed E-state index contributed by atoms with van der Waals surface area (Å²) in [6.07, 6.45) is 2.37. The summed E-state index contributed by atoms with van der Waals surface area (Å²) in [5.74, 6) is 0.569. The molecule has 1 heterocycles. The lowest BCUT2D eigenvalue weighted by Gasteiger charge is -2.43. The molecule has 0 saturated carbocycles. The fourth-order valence-electron chi connectivity index (χ4n) is 3.46. The van der Waals surface area contributed by atoms with Crippen molar-refractivity contribution >= 4 is 0 Å². The summed E-state index contributed by atoms with van der Waals surface area (Å²) in [6, 6.07) is 12.0. The van der Waals surface area contributed by atoms with Crippen LogP contribution in [0.1, 0.15) is 38.2 Å². The minimum Gasteiger partial charge on any atom is -0.329 e. The smallest absolute Gasteiger partial charge is 0.0225 e. The van der Waals surface area contributed by atoms with Crippen molar-refractivity contribution in [2.75, 3.05) is 33.2 Å². The fourth-order valence-corrected chi connectivity index (χ4v) is 3.46. The van der Waals surface area contributed by atoms with Gasteiger partial charge in [-0.25, -0.2) is 0 Å². The van der Waals surface area contributed by atoms with Crippen molar-refractivity contribution < 1.29 is 0 Å². The van der Waals surface area contributed by atoms with E-state index in [0.717, 1.165) is 32.6 Å². The minimum absolute atomic E-state index is 0.503. The van der Waals surface area contributed by atoms with E-state index >= 15 is 0 Å². The van der Waals surface area contributed by atoms with Crippen LogP contribution in [0.25, 0.3) is 0 Å². The van der Waals surface area contributed by atoms with Crippen LogP contribution < -0.4 is 5.73 Å². The second-order valence-corrected chi connectivity index (χ2v) is 6.47. The Balaban J connectivity index is 1.96. The lowest BCUT2D eigenvalue weighted by atomic mass is 9.92. The Morgan fingerprint density at radius 3 is 2.57 bits per heavy atom. The quantitative estimate of drug-likeness (QED) is 0.873. The van der Waals surface area contributed by atoms with E-state index in [-0.39, 0.29) is 0 Å². The zero-order valence-electron chi connectivity index (χ0n) is 13.8. The highest BCUT2D eigenvalue weighted by molar-refractivity contribution is 5.19. The highest BCUT2D eigenvalue weighted by Gasteiger charge is 2.28. The Kier molecular flexibility index (Phi) is 6.22. The van der Waals surface area contributed by atoms with E-state index in [2.05, 4.69) is 61.0 Å². The van der Waals surface area contributed by atoms with Crippen molar-refractivity contribution in [1.29, 1.82) is 0 Å². The Morgan fingerprint density at radius 1 is 1.24 bits per heavy atom. The zero-order valence-corrected chi connectivity index (χ0v) is 13.8. The van der Waals surface area contributed by atoms with Crippen molar-refractivity contribution in [1.82, 2.24) is 9.80 Å². The summed E-state index contributed by atoms with van der Waals surface area (Å²) in [5, 5.41) is 0.